The van der Waals surface area contributed by atoms with E-state index in [9.17, 15) is 9.90 Å². The van der Waals surface area contributed by atoms with Crippen molar-refractivity contribution in [2.24, 2.45) is 0 Å². The molecule has 5 nitrogen and oxygen atoms in total. The SMILES string of the molecule is CC(C)(C)OC(=O)N1CCN(C(CO)Cc2ccccc2)CC1. The predicted octanol–water partition coefficient (Wildman–Crippen LogP) is 2.14. The molecule has 0 bridgehead atoms. The smallest absolute Gasteiger partial charge is 0.410 e. The van der Waals surface area contributed by atoms with Crippen LogP contribution in [0.25, 0.3) is 0 Å². The normalized spacial score (nSPS) is 17.8. The molecule has 0 radical (unpaired) electrons. The summed E-state index contributed by atoms with van der Waals surface area (Å²) >= 11 is 0. The molecule has 1 fully saturated rings. The van der Waals surface area contributed by atoms with E-state index in [2.05, 4.69) is 17.0 Å². The quantitative estimate of drug-likeness (QED) is 0.923. The maximum absolute atomic E-state index is 12.1. The van der Waals surface area contributed by atoms with E-state index < -0.39 is 5.60 Å². The van der Waals surface area contributed by atoms with Crippen LogP contribution in [0.5, 0.6) is 0 Å². The summed E-state index contributed by atoms with van der Waals surface area (Å²) < 4.78 is 5.41. The Kier molecular flexibility index (Phi) is 6.02. The van der Waals surface area contributed by atoms with Crippen molar-refractivity contribution in [3.8, 4) is 0 Å². The molecular weight excluding hydrogens is 292 g/mol. The van der Waals surface area contributed by atoms with Crippen LogP contribution in [0.2, 0.25) is 0 Å². The lowest BCUT2D eigenvalue weighted by atomic mass is 10.0. The number of amides is 1. The van der Waals surface area contributed by atoms with Crippen LogP contribution in [-0.4, -0.2) is 65.4 Å². The Bertz CT molecular complexity index is 491. The second-order valence-corrected chi connectivity index (χ2v) is 7.03. The topological polar surface area (TPSA) is 53.0 Å². The van der Waals surface area contributed by atoms with Crippen molar-refractivity contribution in [1.29, 1.82) is 0 Å². The molecule has 1 atom stereocenters. The van der Waals surface area contributed by atoms with Crippen LogP contribution in [0.4, 0.5) is 4.79 Å². The Morgan fingerprint density at radius 2 is 1.78 bits per heavy atom. The van der Waals surface area contributed by atoms with Crippen molar-refractivity contribution in [3.63, 3.8) is 0 Å². The number of hydrogen-bond donors (Lipinski definition) is 1. The van der Waals surface area contributed by atoms with Gasteiger partial charge in [-0.15, -0.1) is 0 Å². The van der Waals surface area contributed by atoms with Crippen LogP contribution in [0, 0.1) is 0 Å². The molecule has 0 aromatic heterocycles. The van der Waals surface area contributed by atoms with Gasteiger partial charge in [0.2, 0.25) is 0 Å². The standard InChI is InChI=1S/C18H28N2O3/c1-18(2,3)23-17(22)20-11-9-19(10-12-20)16(14-21)13-15-7-5-4-6-8-15/h4-8,16,21H,9-14H2,1-3H3. The summed E-state index contributed by atoms with van der Waals surface area (Å²) in [6.07, 6.45) is 0.574. The van der Waals surface area contributed by atoms with Gasteiger partial charge in [-0.05, 0) is 32.8 Å². The van der Waals surface area contributed by atoms with Crippen LogP contribution in [0.1, 0.15) is 26.3 Å². The lowest BCUT2D eigenvalue weighted by Crippen LogP contribution is -2.54. The number of aliphatic hydroxyl groups excluding tert-OH is 1. The Morgan fingerprint density at radius 1 is 1.17 bits per heavy atom. The fraction of sp³-hybridized carbons (Fsp3) is 0.611. The number of carbonyl (C=O) groups is 1. The van der Waals surface area contributed by atoms with E-state index in [0.29, 0.717) is 13.1 Å². The molecule has 0 saturated carbocycles. The lowest BCUT2D eigenvalue weighted by molar-refractivity contribution is 0.00679. The van der Waals surface area contributed by atoms with E-state index in [1.165, 1.54) is 5.56 Å². The molecule has 1 unspecified atom stereocenters. The molecule has 128 valence electrons. The molecule has 5 heteroatoms. The van der Waals surface area contributed by atoms with Crippen molar-refractivity contribution in [3.05, 3.63) is 35.9 Å². The molecule has 0 spiro atoms. The molecule has 1 amide bonds. The molecule has 23 heavy (non-hydrogen) atoms. The Morgan fingerprint density at radius 3 is 2.30 bits per heavy atom. The van der Waals surface area contributed by atoms with E-state index in [4.69, 9.17) is 4.74 Å². The molecular formula is C18H28N2O3. The molecule has 1 heterocycles. The summed E-state index contributed by atoms with van der Waals surface area (Å²) in [6.45, 7) is 8.56. The number of hydrogen-bond acceptors (Lipinski definition) is 4. The van der Waals surface area contributed by atoms with Gasteiger partial charge in [0.1, 0.15) is 5.60 Å². The third kappa shape index (κ3) is 5.52. The van der Waals surface area contributed by atoms with Crippen molar-refractivity contribution >= 4 is 6.09 Å². The summed E-state index contributed by atoms with van der Waals surface area (Å²) in [4.78, 5) is 16.1. The highest BCUT2D eigenvalue weighted by molar-refractivity contribution is 5.68. The summed E-state index contributed by atoms with van der Waals surface area (Å²) in [5, 5.41) is 9.72. The predicted molar refractivity (Wildman–Crippen MR) is 90.4 cm³/mol. The van der Waals surface area contributed by atoms with E-state index in [-0.39, 0.29) is 18.7 Å². The molecule has 1 aliphatic rings. The third-order valence-corrected chi connectivity index (χ3v) is 4.01. The second-order valence-electron chi connectivity index (χ2n) is 7.03. The maximum Gasteiger partial charge on any atom is 0.410 e. The van der Waals surface area contributed by atoms with Crippen LogP contribution in [0.15, 0.2) is 30.3 Å². The first kappa shape index (κ1) is 17.8. The third-order valence-electron chi connectivity index (χ3n) is 4.01. The fourth-order valence-corrected chi connectivity index (χ4v) is 2.79. The van der Waals surface area contributed by atoms with E-state index in [1.807, 2.05) is 39.0 Å². The zero-order valence-electron chi connectivity index (χ0n) is 14.4. The van der Waals surface area contributed by atoms with Gasteiger partial charge in [0.05, 0.1) is 6.61 Å². The highest BCUT2D eigenvalue weighted by Gasteiger charge is 2.28. The average molecular weight is 320 g/mol. The highest BCUT2D eigenvalue weighted by Crippen LogP contribution is 2.15. The van der Waals surface area contributed by atoms with Crippen molar-refractivity contribution < 1.29 is 14.6 Å². The fourth-order valence-electron chi connectivity index (χ4n) is 2.79. The van der Waals surface area contributed by atoms with Gasteiger partial charge in [-0.25, -0.2) is 4.79 Å². The number of piperazine rings is 1. The van der Waals surface area contributed by atoms with Gasteiger partial charge >= 0.3 is 6.09 Å². The minimum atomic E-state index is -0.463. The largest absolute Gasteiger partial charge is 0.444 e. The second kappa shape index (κ2) is 7.79. The molecule has 1 N–H and O–H groups in total. The Labute approximate surface area is 138 Å². The minimum absolute atomic E-state index is 0.0955. The van der Waals surface area contributed by atoms with Gasteiger partial charge < -0.3 is 14.7 Å². The lowest BCUT2D eigenvalue weighted by Gasteiger charge is -2.39. The first-order valence-electron chi connectivity index (χ1n) is 8.26. The molecule has 1 aliphatic heterocycles. The van der Waals surface area contributed by atoms with Gasteiger partial charge in [0, 0.05) is 32.2 Å². The summed E-state index contributed by atoms with van der Waals surface area (Å²) in [5.74, 6) is 0. The highest BCUT2D eigenvalue weighted by atomic mass is 16.6. The van der Waals surface area contributed by atoms with Gasteiger partial charge in [0.25, 0.3) is 0 Å². The molecule has 2 rings (SSSR count). The number of benzene rings is 1. The zero-order valence-corrected chi connectivity index (χ0v) is 14.4. The van der Waals surface area contributed by atoms with Gasteiger partial charge in [-0.2, -0.15) is 0 Å². The number of aliphatic hydroxyl groups is 1. The van der Waals surface area contributed by atoms with Crippen LogP contribution >= 0.6 is 0 Å². The molecule has 1 aromatic rings. The maximum atomic E-state index is 12.1. The Balaban J connectivity index is 1.86. The van der Waals surface area contributed by atoms with Crippen molar-refractivity contribution in [2.75, 3.05) is 32.8 Å². The van der Waals surface area contributed by atoms with Crippen LogP contribution in [-0.2, 0) is 11.2 Å². The molecule has 0 aliphatic carbocycles. The van der Waals surface area contributed by atoms with Gasteiger partial charge in [-0.3, -0.25) is 4.90 Å². The van der Waals surface area contributed by atoms with Crippen LogP contribution < -0.4 is 0 Å². The average Bonchev–Trinajstić information content (AvgIpc) is 2.52. The first-order chi connectivity index (χ1) is 10.9. The molecule has 1 aromatic carbocycles. The van der Waals surface area contributed by atoms with E-state index in [1.54, 1.807) is 4.90 Å². The van der Waals surface area contributed by atoms with Crippen molar-refractivity contribution in [1.82, 2.24) is 9.80 Å². The monoisotopic (exact) mass is 320 g/mol. The first-order valence-corrected chi connectivity index (χ1v) is 8.26. The Hall–Kier alpha value is -1.59. The summed E-state index contributed by atoms with van der Waals surface area (Å²) in [5.41, 5.74) is 0.760. The number of ether oxygens (including phenoxy) is 1. The summed E-state index contributed by atoms with van der Waals surface area (Å²) in [7, 11) is 0. The van der Waals surface area contributed by atoms with Gasteiger partial charge in [0.15, 0.2) is 0 Å². The number of carbonyl (C=O) groups excluding carboxylic acids is 1. The van der Waals surface area contributed by atoms with E-state index >= 15 is 0 Å². The van der Waals surface area contributed by atoms with E-state index in [0.717, 1.165) is 19.5 Å². The zero-order chi connectivity index (χ0) is 16.9. The van der Waals surface area contributed by atoms with Crippen LogP contribution in [0.3, 0.4) is 0 Å². The van der Waals surface area contributed by atoms with Gasteiger partial charge in [-0.1, -0.05) is 30.3 Å². The molecule has 1 saturated heterocycles. The van der Waals surface area contributed by atoms with Crippen molar-refractivity contribution in [2.45, 2.75) is 38.8 Å². The summed E-state index contributed by atoms with van der Waals surface area (Å²) in [6, 6.07) is 10.3. The number of nitrogens with zero attached hydrogens (tertiary/aromatic N) is 2. The number of rotatable bonds is 4. The minimum Gasteiger partial charge on any atom is -0.444 e.